The van der Waals surface area contributed by atoms with Gasteiger partial charge in [0.15, 0.2) is 0 Å². The van der Waals surface area contributed by atoms with E-state index in [1.54, 1.807) is 24.3 Å². The normalized spacial score (nSPS) is 12.9. The molecule has 0 bridgehead atoms. The molecule has 1 aromatic carbocycles. The first-order valence-corrected chi connectivity index (χ1v) is 6.55. The van der Waals surface area contributed by atoms with Crippen molar-refractivity contribution in [2.45, 2.75) is 39.1 Å². The molecule has 0 aliphatic carbocycles. The van der Waals surface area contributed by atoms with Crippen LogP contribution in [-0.4, -0.2) is 30.8 Å². The molecule has 2 N–H and O–H groups in total. The summed E-state index contributed by atoms with van der Waals surface area (Å²) < 4.78 is 41.5. The highest BCUT2D eigenvalue weighted by molar-refractivity contribution is 5.84. The molecule has 1 amide bonds. The van der Waals surface area contributed by atoms with Gasteiger partial charge in [-0.05, 0) is 45.0 Å². The van der Waals surface area contributed by atoms with Crippen LogP contribution in [0, 0.1) is 0 Å². The quantitative estimate of drug-likeness (QED) is 0.849. The molecule has 1 aromatic rings. The first-order chi connectivity index (χ1) is 9.67. The molecular formula is C14H19F3N2O2. The van der Waals surface area contributed by atoms with Crippen LogP contribution in [0.1, 0.15) is 20.8 Å². The third-order valence-electron chi connectivity index (χ3n) is 2.47. The molecule has 1 atom stereocenters. The zero-order valence-electron chi connectivity index (χ0n) is 12.1. The summed E-state index contributed by atoms with van der Waals surface area (Å²) in [6.45, 7) is 3.96. The summed E-state index contributed by atoms with van der Waals surface area (Å²) >= 11 is 0. The van der Waals surface area contributed by atoms with Crippen molar-refractivity contribution < 1.29 is 22.7 Å². The van der Waals surface area contributed by atoms with E-state index in [4.69, 9.17) is 4.74 Å². The highest BCUT2D eigenvalue weighted by Gasteiger charge is 2.28. The van der Waals surface area contributed by atoms with E-state index in [0.717, 1.165) is 0 Å². The number of halogens is 3. The SMILES string of the molecule is CC(C)Oc1ccc(NC(C)C(=O)NCC(F)(F)F)cc1. The van der Waals surface area contributed by atoms with Gasteiger partial charge >= 0.3 is 6.18 Å². The van der Waals surface area contributed by atoms with Crippen LogP contribution in [0.25, 0.3) is 0 Å². The maximum Gasteiger partial charge on any atom is 0.405 e. The van der Waals surface area contributed by atoms with E-state index < -0.39 is 24.7 Å². The zero-order chi connectivity index (χ0) is 16.0. The number of carbonyl (C=O) groups excluding carboxylic acids is 1. The van der Waals surface area contributed by atoms with E-state index in [-0.39, 0.29) is 6.10 Å². The van der Waals surface area contributed by atoms with Crippen molar-refractivity contribution in [3.05, 3.63) is 24.3 Å². The minimum Gasteiger partial charge on any atom is -0.491 e. The number of hydrogen-bond acceptors (Lipinski definition) is 3. The second kappa shape index (κ2) is 7.19. The molecule has 0 aliphatic heterocycles. The van der Waals surface area contributed by atoms with Crippen LogP contribution in [0.3, 0.4) is 0 Å². The minimum atomic E-state index is -4.41. The van der Waals surface area contributed by atoms with Crippen molar-refractivity contribution in [2.24, 2.45) is 0 Å². The molecule has 0 aliphatic rings. The summed E-state index contributed by atoms with van der Waals surface area (Å²) in [7, 11) is 0. The zero-order valence-corrected chi connectivity index (χ0v) is 12.1. The molecule has 7 heteroatoms. The standard InChI is InChI=1S/C14H19F3N2O2/c1-9(2)21-12-6-4-11(5-7-12)19-10(3)13(20)18-8-14(15,16)17/h4-7,9-10,19H,8H2,1-3H3,(H,18,20). The van der Waals surface area contributed by atoms with E-state index >= 15 is 0 Å². The monoisotopic (exact) mass is 304 g/mol. The van der Waals surface area contributed by atoms with Gasteiger partial charge in [0.1, 0.15) is 18.3 Å². The Labute approximate surface area is 121 Å². The average Bonchev–Trinajstić information content (AvgIpc) is 2.36. The van der Waals surface area contributed by atoms with Gasteiger partial charge < -0.3 is 15.4 Å². The second-order valence-corrected chi connectivity index (χ2v) is 4.89. The van der Waals surface area contributed by atoms with Crippen LogP contribution >= 0.6 is 0 Å². The molecule has 21 heavy (non-hydrogen) atoms. The van der Waals surface area contributed by atoms with E-state index in [0.29, 0.717) is 11.4 Å². The molecular weight excluding hydrogens is 285 g/mol. The van der Waals surface area contributed by atoms with Crippen molar-refractivity contribution in [2.75, 3.05) is 11.9 Å². The highest BCUT2D eigenvalue weighted by Crippen LogP contribution is 2.17. The lowest BCUT2D eigenvalue weighted by atomic mass is 10.2. The van der Waals surface area contributed by atoms with Gasteiger partial charge in [-0.3, -0.25) is 4.79 Å². The molecule has 4 nitrogen and oxygen atoms in total. The van der Waals surface area contributed by atoms with Crippen LogP contribution in [0.4, 0.5) is 18.9 Å². The lowest BCUT2D eigenvalue weighted by Crippen LogP contribution is -2.42. The summed E-state index contributed by atoms with van der Waals surface area (Å²) in [6.07, 6.45) is -4.36. The number of carbonyl (C=O) groups is 1. The van der Waals surface area contributed by atoms with Gasteiger partial charge in [-0.1, -0.05) is 0 Å². The molecule has 0 aromatic heterocycles. The Kier molecular flexibility index (Phi) is 5.87. The third kappa shape index (κ3) is 6.87. The predicted octanol–water partition coefficient (Wildman–Crippen LogP) is 2.95. The lowest BCUT2D eigenvalue weighted by molar-refractivity contribution is -0.138. The van der Waals surface area contributed by atoms with Crippen LogP contribution in [0.15, 0.2) is 24.3 Å². The fraction of sp³-hybridized carbons (Fsp3) is 0.500. The average molecular weight is 304 g/mol. The van der Waals surface area contributed by atoms with Crippen molar-refractivity contribution >= 4 is 11.6 Å². The third-order valence-corrected chi connectivity index (χ3v) is 2.47. The van der Waals surface area contributed by atoms with Gasteiger partial charge in [0.05, 0.1) is 6.10 Å². The molecule has 0 spiro atoms. The Morgan fingerprint density at radius 2 is 1.76 bits per heavy atom. The predicted molar refractivity (Wildman–Crippen MR) is 74.4 cm³/mol. The van der Waals surface area contributed by atoms with Gasteiger partial charge in [0.25, 0.3) is 0 Å². The summed E-state index contributed by atoms with van der Waals surface area (Å²) in [5.74, 6) is -0.0282. The van der Waals surface area contributed by atoms with Crippen molar-refractivity contribution in [3.8, 4) is 5.75 Å². The van der Waals surface area contributed by atoms with Crippen LogP contribution in [0.5, 0.6) is 5.75 Å². The number of ether oxygens (including phenoxy) is 1. The molecule has 118 valence electrons. The Hall–Kier alpha value is -1.92. The topological polar surface area (TPSA) is 50.4 Å². The fourth-order valence-corrected chi connectivity index (χ4v) is 1.56. The number of anilines is 1. The first kappa shape index (κ1) is 17.1. The molecule has 0 saturated heterocycles. The number of hydrogen-bond donors (Lipinski definition) is 2. The molecule has 0 saturated carbocycles. The van der Waals surface area contributed by atoms with Gasteiger partial charge in [-0.25, -0.2) is 0 Å². The highest BCUT2D eigenvalue weighted by atomic mass is 19.4. The molecule has 0 heterocycles. The maximum absolute atomic E-state index is 12.0. The summed E-state index contributed by atoms with van der Waals surface area (Å²) in [4.78, 5) is 11.5. The number of alkyl halides is 3. The number of amides is 1. The second-order valence-electron chi connectivity index (χ2n) is 4.89. The van der Waals surface area contributed by atoms with E-state index in [1.807, 2.05) is 19.2 Å². The fourth-order valence-electron chi connectivity index (χ4n) is 1.56. The first-order valence-electron chi connectivity index (χ1n) is 6.55. The minimum absolute atomic E-state index is 0.0517. The molecule has 1 rings (SSSR count). The number of benzene rings is 1. The maximum atomic E-state index is 12.0. The van der Waals surface area contributed by atoms with E-state index in [1.165, 1.54) is 6.92 Å². The smallest absolute Gasteiger partial charge is 0.405 e. The number of rotatable bonds is 6. The summed E-state index contributed by atoms with van der Waals surface area (Å²) in [5.41, 5.74) is 0.626. The molecule has 1 unspecified atom stereocenters. The van der Waals surface area contributed by atoms with Crippen molar-refractivity contribution in [3.63, 3.8) is 0 Å². The molecule has 0 radical (unpaired) electrons. The Morgan fingerprint density at radius 3 is 2.24 bits per heavy atom. The number of nitrogens with one attached hydrogen (secondary N) is 2. The van der Waals surface area contributed by atoms with Crippen LogP contribution in [-0.2, 0) is 4.79 Å². The lowest BCUT2D eigenvalue weighted by Gasteiger charge is -2.16. The van der Waals surface area contributed by atoms with E-state index in [2.05, 4.69) is 5.32 Å². The molecule has 0 fully saturated rings. The van der Waals surface area contributed by atoms with Gasteiger partial charge in [0, 0.05) is 5.69 Å². The largest absolute Gasteiger partial charge is 0.491 e. The summed E-state index contributed by atoms with van der Waals surface area (Å²) in [5, 5.41) is 4.65. The summed E-state index contributed by atoms with van der Waals surface area (Å²) in [6, 6.07) is 6.08. The van der Waals surface area contributed by atoms with Crippen molar-refractivity contribution in [1.82, 2.24) is 5.32 Å². The van der Waals surface area contributed by atoms with Crippen LogP contribution < -0.4 is 15.4 Å². The van der Waals surface area contributed by atoms with E-state index in [9.17, 15) is 18.0 Å². The van der Waals surface area contributed by atoms with Gasteiger partial charge in [-0.2, -0.15) is 13.2 Å². The van der Waals surface area contributed by atoms with Gasteiger partial charge in [-0.15, -0.1) is 0 Å². The van der Waals surface area contributed by atoms with Crippen molar-refractivity contribution in [1.29, 1.82) is 0 Å². The Bertz CT molecular complexity index is 458. The Morgan fingerprint density at radius 1 is 1.19 bits per heavy atom. The van der Waals surface area contributed by atoms with Gasteiger partial charge in [0.2, 0.25) is 5.91 Å². The Balaban J connectivity index is 2.50. The van der Waals surface area contributed by atoms with Crippen LogP contribution in [0.2, 0.25) is 0 Å².